The van der Waals surface area contributed by atoms with E-state index in [0.29, 0.717) is 5.56 Å². The van der Waals surface area contributed by atoms with Crippen LogP contribution >= 0.6 is 11.6 Å². The minimum Gasteiger partial charge on any atom is -0.450 e. The number of alkyl halides is 3. The Bertz CT molecular complexity index is 1470. The van der Waals surface area contributed by atoms with Gasteiger partial charge in [0.05, 0.1) is 10.9 Å². The molecule has 0 unspecified atom stereocenters. The Morgan fingerprint density at radius 2 is 1.71 bits per heavy atom. The van der Waals surface area contributed by atoms with Crippen LogP contribution in [0.2, 0.25) is 5.02 Å². The van der Waals surface area contributed by atoms with E-state index in [-0.39, 0.29) is 21.7 Å². The summed E-state index contributed by atoms with van der Waals surface area (Å²) in [5, 5.41) is -0.192. The van der Waals surface area contributed by atoms with Crippen LogP contribution in [-0.4, -0.2) is 5.97 Å². The molecule has 0 amide bonds. The van der Waals surface area contributed by atoms with E-state index in [9.17, 15) is 27.2 Å². The van der Waals surface area contributed by atoms with Gasteiger partial charge >= 0.3 is 12.1 Å². The minimum atomic E-state index is -4.99. The van der Waals surface area contributed by atoms with Crippen LogP contribution in [0.25, 0.3) is 28.2 Å². The van der Waals surface area contributed by atoms with Crippen LogP contribution in [0.3, 0.4) is 0 Å². The van der Waals surface area contributed by atoms with E-state index >= 15 is 0 Å². The first kappa shape index (κ1) is 23.3. The summed E-state index contributed by atoms with van der Waals surface area (Å²) in [5.74, 6) is -2.93. The van der Waals surface area contributed by atoms with E-state index in [1.54, 1.807) is 0 Å². The molecule has 4 aromatic rings. The summed E-state index contributed by atoms with van der Waals surface area (Å²) in [5.41, 5.74) is -1.65. The third-order valence-electron chi connectivity index (χ3n) is 4.76. The molecule has 0 atom stereocenters. The summed E-state index contributed by atoms with van der Waals surface area (Å²) >= 11 is 6.04. The van der Waals surface area contributed by atoms with Gasteiger partial charge in [0.2, 0.25) is 11.2 Å². The van der Waals surface area contributed by atoms with E-state index in [1.807, 2.05) is 0 Å². The van der Waals surface area contributed by atoms with Crippen molar-refractivity contribution in [2.45, 2.75) is 6.18 Å². The summed E-state index contributed by atoms with van der Waals surface area (Å²) in [4.78, 5) is 25.1. The maximum atomic E-state index is 13.8. The Balaban J connectivity index is 1.72. The first-order valence-electron chi connectivity index (χ1n) is 9.72. The van der Waals surface area contributed by atoms with Gasteiger partial charge in [0, 0.05) is 22.7 Å². The zero-order chi connectivity index (χ0) is 24.5. The van der Waals surface area contributed by atoms with Crippen LogP contribution in [0.4, 0.5) is 17.6 Å². The van der Waals surface area contributed by atoms with Gasteiger partial charge in [-0.05, 0) is 42.0 Å². The first-order valence-corrected chi connectivity index (χ1v) is 10.1. The number of rotatable bonds is 4. The summed E-state index contributed by atoms with van der Waals surface area (Å²) in [6, 6.07) is 14.4. The highest BCUT2D eigenvalue weighted by atomic mass is 35.5. The number of hydrogen-bond acceptors (Lipinski definition) is 4. The molecule has 0 bridgehead atoms. The number of carbonyl (C=O) groups excluding carboxylic acids is 1. The summed E-state index contributed by atoms with van der Waals surface area (Å²) in [6.45, 7) is 0. The lowest BCUT2D eigenvalue weighted by molar-refractivity contribution is -0.152. The average molecular weight is 489 g/mol. The molecular weight excluding hydrogens is 476 g/mol. The van der Waals surface area contributed by atoms with Gasteiger partial charge in [-0.3, -0.25) is 4.79 Å². The van der Waals surface area contributed by atoms with Crippen molar-refractivity contribution in [3.05, 3.63) is 105 Å². The van der Waals surface area contributed by atoms with E-state index < -0.39 is 40.3 Å². The maximum Gasteiger partial charge on any atom is 0.450 e. The predicted octanol–water partition coefficient (Wildman–Crippen LogP) is 6.89. The zero-order valence-electron chi connectivity index (χ0n) is 17.0. The van der Waals surface area contributed by atoms with Gasteiger partial charge in [0.15, 0.2) is 0 Å². The fraction of sp³-hybridized carbons (Fsp3) is 0.0400. The smallest absolute Gasteiger partial charge is 0.450 e. The SMILES string of the molecule is O=C(/C=C/c1ccc(F)cc1)Oc1ccc2c(=O)c(-c3ccccc3Cl)c(C(F)(F)F)oc2c1. The molecule has 34 heavy (non-hydrogen) atoms. The second-order valence-electron chi connectivity index (χ2n) is 7.08. The third-order valence-corrected chi connectivity index (χ3v) is 5.09. The lowest BCUT2D eigenvalue weighted by Gasteiger charge is -2.14. The van der Waals surface area contributed by atoms with E-state index in [2.05, 4.69) is 0 Å². The maximum absolute atomic E-state index is 13.8. The lowest BCUT2D eigenvalue weighted by atomic mass is 10.0. The average Bonchev–Trinajstić information content (AvgIpc) is 2.78. The van der Waals surface area contributed by atoms with Gasteiger partial charge in [-0.25, -0.2) is 9.18 Å². The Labute approximate surface area is 194 Å². The van der Waals surface area contributed by atoms with Crippen molar-refractivity contribution in [3.63, 3.8) is 0 Å². The molecule has 0 saturated heterocycles. The fourth-order valence-electron chi connectivity index (χ4n) is 3.23. The fourth-order valence-corrected chi connectivity index (χ4v) is 3.46. The second kappa shape index (κ2) is 9.15. The number of carbonyl (C=O) groups is 1. The molecule has 0 aliphatic heterocycles. The Morgan fingerprint density at radius 1 is 1.00 bits per heavy atom. The summed E-state index contributed by atoms with van der Waals surface area (Å²) < 4.78 is 64.5. The molecule has 0 aliphatic carbocycles. The van der Waals surface area contributed by atoms with Crippen molar-refractivity contribution in [3.8, 4) is 16.9 Å². The van der Waals surface area contributed by atoms with Gasteiger partial charge in [0.25, 0.3) is 0 Å². The molecule has 9 heteroatoms. The van der Waals surface area contributed by atoms with Crippen LogP contribution in [-0.2, 0) is 11.0 Å². The molecular formula is C25H13ClF4O4. The minimum absolute atomic E-state index is 0.0434. The monoisotopic (exact) mass is 488 g/mol. The molecule has 4 rings (SSSR count). The molecule has 3 aromatic carbocycles. The number of hydrogen-bond donors (Lipinski definition) is 0. The highest BCUT2D eigenvalue weighted by Crippen LogP contribution is 2.39. The number of halogens is 5. The molecule has 4 nitrogen and oxygen atoms in total. The van der Waals surface area contributed by atoms with Gasteiger partial charge in [0.1, 0.15) is 17.1 Å². The van der Waals surface area contributed by atoms with Crippen LogP contribution in [0.5, 0.6) is 5.75 Å². The lowest BCUT2D eigenvalue weighted by Crippen LogP contribution is -2.16. The van der Waals surface area contributed by atoms with Crippen molar-refractivity contribution in [1.82, 2.24) is 0 Å². The van der Waals surface area contributed by atoms with Crippen LogP contribution in [0.15, 0.2) is 82.0 Å². The molecule has 0 aliphatic rings. The predicted molar refractivity (Wildman–Crippen MR) is 119 cm³/mol. The second-order valence-corrected chi connectivity index (χ2v) is 7.48. The van der Waals surface area contributed by atoms with Gasteiger partial charge in [-0.2, -0.15) is 13.2 Å². The van der Waals surface area contributed by atoms with Gasteiger partial charge in [-0.15, -0.1) is 0 Å². The molecule has 0 saturated carbocycles. The molecule has 0 radical (unpaired) electrons. The molecule has 1 aromatic heterocycles. The van der Waals surface area contributed by atoms with Crippen molar-refractivity contribution in [2.75, 3.05) is 0 Å². The normalized spacial score (nSPS) is 11.8. The van der Waals surface area contributed by atoms with E-state index in [4.69, 9.17) is 20.8 Å². The van der Waals surface area contributed by atoms with Gasteiger partial charge in [-0.1, -0.05) is 41.9 Å². The zero-order valence-corrected chi connectivity index (χ0v) is 17.8. The quantitative estimate of drug-likeness (QED) is 0.136. The summed E-state index contributed by atoms with van der Waals surface area (Å²) in [7, 11) is 0. The third kappa shape index (κ3) is 4.87. The highest BCUT2D eigenvalue weighted by molar-refractivity contribution is 6.33. The van der Waals surface area contributed by atoms with Crippen LogP contribution < -0.4 is 10.2 Å². The molecule has 0 N–H and O–H groups in total. The summed E-state index contributed by atoms with van der Waals surface area (Å²) in [6.07, 6.45) is -2.55. The Morgan fingerprint density at radius 3 is 2.38 bits per heavy atom. The Kier molecular flexibility index (Phi) is 6.26. The molecule has 172 valence electrons. The largest absolute Gasteiger partial charge is 0.450 e. The van der Waals surface area contributed by atoms with Crippen molar-refractivity contribution < 1.29 is 31.5 Å². The molecule has 1 heterocycles. The van der Waals surface area contributed by atoms with Gasteiger partial charge < -0.3 is 9.15 Å². The van der Waals surface area contributed by atoms with Crippen molar-refractivity contribution >= 4 is 34.6 Å². The topological polar surface area (TPSA) is 56.5 Å². The van der Waals surface area contributed by atoms with Crippen molar-refractivity contribution in [2.24, 2.45) is 0 Å². The van der Waals surface area contributed by atoms with Crippen molar-refractivity contribution in [1.29, 1.82) is 0 Å². The Hall–Kier alpha value is -3.91. The number of benzene rings is 3. The molecule has 0 spiro atoms. The number of esters is 1. The number of ether oxygens (including phenoxy) is 1. The highest BCUT2D eigenvalue weighted by Gasteiger charge is 2.39. The number of fused-ring (bicyclic) bond motifs is 1. The van der Waals surface area contributed by atoms with E-state index in [1.165, 1.54) is 66.7 Å². The van der Waals surface area contributed by atoms with Crippen LogP contribution in [0, 0.1) is 5.82 Å². The van der Waals surface area contributed by atoms with Crippen LogP contribution in [0.1, 0.15) is 11.3 Å². The standard InChI is InChI=1S/C25H13ClF4O4/c26-19-4-2-1-3-17(19)22-23(32)18-11-10-16(13-20(18)34-24(22)25(28,29)30)33-21(31)12-7-14-5-8-15(27)9-6-14/h1-13H/b12-7+. The molecule has 0 fully saturated rings. The van der Waals surface area contributed by atoms with E-state index in [0.717, 1.165) is 12.1 Å². The first-order chi connectivity index (χ1) is 16.1.